The molecule has 6 aromatic carbocycles. The second-order valence-corrected chi connectivity index (χ2v) is 14.2. The van der Waals surface area contributed by atoms with E-state index in [0.29, 0.717) is 0 Å². The van der Waals surface area contributed by atoms with Gasteiger partial charge in [-0.15, -0.1) is 0 Å². The highest BCUT2D eigenvalue weighted by atomic mass is 15.0. The Morgan fingerprint density at radius 3 is 1.58 bits per heavy atom. The molecule has 0 aliphatic carbocycles. The highest BCUT2D eigenvalue weighted by Gasteiger charge is 2.37. The van der Waals surface area contributed by atoms with Crippen molar-refractivity contribution in [1.82, 2.24) is 9.13 Å². The number of aryl methyl sites for hydroxylation is 2. The van der Waals surface area contributed by atoms with Gasteiger partial charge in [-0.1, -0.05) is 72.8 Å². The van der Waals surface area contributed by atoms with E-state index in [9.17, 15) is 0 Å². The van der Waals surface area contributed by atoms with Gasteiger partial charge in [0.2, 0.25) is 22.8 Å². The maximum atomic E-state index is 2.54. The van der Waals surface area contributed by atoms with Crippen LogP contribution in [0.5, 0.6) is 0 Å². The van der Waals surface area contributed by atoms with Crippen molar-refractivity contribution in [3.8, 4) is 0 Å². The smallest absolute Gasteiger partial charge is 0.223 e. The van der Waals surface area contributed by atoms with Gasteiger partial charge >= 0.3 is 0 Å². The number of fused-ring (bicyclic) bond motifs is 2. The van der Waals surface area contributed by atoms with Crippen LogP contribution in [0.3, 0.4) is 0 Å². The number of para-hydroxylation sites is 2. The van der Waals surface area contributed by atoms with E-state index in [1.807, 2.05) is 0 Å². The summed E-state index contributed by atoms with van der Waals surface area (Å²) in [6, 6.07) is 41.0. The zero-order valence-corrected chi connectivity index (χ0v) is 29.6. The number of benzene rings is 6. The van der Waals surface area contributed by atoms with Crippen molar-refractivity contribution in [2.45, 2.75) is 27.2 Å². The van der Waals surface area contributed by atoms with Crippen molar-refractivity contribution in [2.75, 3.05) is 13.6 Å². The lowest BCUT2D eigenvalue weighted by Crippen LogP contribution is -2.16. The van der Waals surface area contributed by atoms with Crippen molar-refractivity contribution in [3.05, 3.63) is 154 Å². The number of hydrogen-bond acceptors (Lipinski definition) is 0. The van der Waals surface area contributed by atoms with E-state index in [4.69, 9.17) is 0 Å². The first-order valence-electron chi connectivity index (χ1n) is 17.8. The Morgan fingerprint density at radius 1 is 0.520 bits per heavy atom. The van der Waals surface area contributed by atoms with E-state index >= 15 is 0 Å². The van der Waals surface area contributed by atoms with Crippen LogP contribution < -0.4 is 0 Å². The minimum absolute atomic E-state index is 0.877. The van der Waals surface area contributed by atoms with Gasteiger partial charge in [-0.2, -0.15) is 9.15 Å². The monoisotopic (exact) mass is 648 g/mol. The van der Waals surface area contributed by atoms with Gasteiger partial charge in [0, 0.05) is 59.4 Å². The molecular weight excluding hydrogens is 609 g/mol. The highest BCUT2D eigenvalue weighted by molar-refractivity contribution is 6.28. The molecule has 8 aromatic rings. The standard InChI is InChI=1S/C46H40N4/c1-7-50-40-25-23-30(32-17-13-19-36(44(32)40)46(50)42-28(3)48(5)38-21-11-9-15-34(38)42)26-29-22-24-39-43-31(29)16-12-18-35(43)45(49(39)6)41-27(2)47(4)37-20-10-8-14-33(37)41/h8-25H,7,26H2,1-6H3/q+2. The Morgan fingerprint density at radius 2 is 1.00 bits per heavy atom. The van der Waals surface area contributed by atoms with Crippen LogP contribution in [-0.2, 0) is 20.5 Å². The lowest BCUT2D eigenvalue weighted by molar-refractivity contribution is -0.431. The molecule has 0 radical (unpaired) electrons. The quantitative estimate of drug-likeness (QED) is 0.165. The zero-order valence-electron chi connectivity index (χ0n) is 29.6. The minimum Gasteiger partial charge on any atom is -0.347 e. The van der Waals surface area contributed by atoms with Crippen LogP contribution in [0, 0.1) is 13.8 Å². The molecule has 4 heterocycles. The molecule has 10 rings (SSSR count). The fourth-order valence-electron chi connectivity index (χ4n) is 9.42. The summed E-state index contributed by atoms with van der Waals surface area (Å²) >= 11 is 0. The van der Waals surface area contributed by atoms with E-state index in [2.05, 4.69) is 169 Å². The van der Waals surface area contributed by atoms with Crippen molar-refractivity contribution in [2.24, 2.45) is 14.1 Å². The largest absolute Gasteiger partial charge is 0.347 e. The van der Waals surface area contributed by atoms with Gasteiger partial charge in [0.15, 0.2) is 0 Å². The predicted octanol–water partition coefficient (Wildman–Crippen LogP) is 9.82. The van der Waals surface area contributed by atoms with Crippen molar-refractivity contribution in [1.29, 1.82) is 0 Å². The highest BCUT2D eigenvalue weighted by Crippen LogP contribution is 2.44. The van der Waals surface area contributed by atoms with Crippen LogP contribution >= 0.6 is 0 Å². The molecule has 4 nitrogen and oxygen atoms in total. The van der Waals surface area contributed by atoms with E-state index < -0.39 is 0 Å². The molecule has 0 fully saturated rings. The minimum atomic E-state index is 0.877. The summed E-state index contributed by atoms with van der Waals surface area (Å²) in [6.07, 6.45) is 0.877. The van der Waals surface area contributed by atoms with Crippen LogP contribution in [0.2, 0.25) is 0 Å². The average molecular weight is 649 g/mol. The molecule has 0 N–H and O–H groups in total. The van der Waals surface area contributed by atoms with Gasteiger partial charge in [-0.3, -0.25) is 0 Å². The van der Waals surface area contributed by atoms with Gasteiger partial charge in [-0.05, 0) is 73.4 Å². The van der Waals surface area contributed by atoms with Gasteiger partial charge in [0.25, 0.3) is 0 Å². The third-order valence-electron chi connectivity index (χ3n) is 12.0. The molecule has 0 bridgehead atoms. The Balaban J connectivity index is 1.12. The van der Waals surface area contributed by atoms with Crippen molar-refractivity contribution >= 4 is 66.1 Å². The number of aromatic nitrogens is 2. The summed E-state index contributed by atoms with van der Waals surface area (Å²) in [5.41, 5.74) is 18.5. The number of rotatable bonds is 5. The molecule has 242 valence electrons. The maximum Gasteiger partial charge on any atom is 0.223 e. The molecule has 4 heteroatoms. The van der Waals surface area contributed by atoms with Gasteiger partial charge in [0.05, 0.1) is 33.0 Å². The van der Waals surface area contributed by atoms with Crippen LogP contribution in [-0.4, -0.2) is 43.3 Å². The molecule has 0 saturated heterocycles. The lowest BCUT2D eigenvalue weighted by atomic mass is 9.90. The molecule has 2 aromatic heterocycles. The van der Waals surface area contributed by atoms with Crippen LogP contribution in [0.25, 0.3) is 43.4 Å². The van der Waals surface area contributed by atoms with Crippen LogP contribution in [0.4, 0.5) is 11.4 Å². The summed E-state index contributed by atoms with van der Waals surface area (Å²) in [5.74, 6) is 0. The Bertz CT molecular complexity index is 2870. The normalized spacial score (nSPS) is 13.8. The summed E-state index contributed by atoms with van der Waals surface area (Å²) < 4.78 is 9.64. The second-order valence-electron chi connectivity index (χ2n) is 14.2. The van der Waals surface area contributed by atoms with E-state index in [-0.39, 0.29) is 0 Å². The Kier molecular flexibility index (Phi) is 6.06. The third kappa shape index (κ3) is 3.66. The summed E-state index contributed by atoms with van der Waals surface area (Å²) in [4.78, 5) is 0. The third-order valence-corrected chi connectivity index (χ3v) is 12.0. The van der Waals surface area contributed by atoms with E-state index in [1.165, 1.54) is 111 Å². The number of nitrogens with zero attached hydrogens (tertiary/aromatic N) is 4. The predicted molar refractivity (Wildman–Crippen MR) is 209 cm³/mol. The summed E-state index contributed by atoms with van der Waals surface area (Å²) in [5, 5.41) is 8.06. The molecule has 50 heavy (non-hydrogen) atoms. The van der Waals surface area contributed by atoms with E-state index in [1.54, 1.807) is 0 Å². The molecule has 0 amide bonds. The summed E-state index contributed by atoms with van der Waals surface area (Å²) in [6.45, 7) is 7.71. The molecule has 0 saturated carbocycles. The molecule has 2 aliphatic rings. The molecule has 0 spiro atoms. The van der Waals surface area contributed by atoms with Crippen molar-refractivity contribution in [3.63, 3.8) is 0 Å². The van der Waals surface area contributed by atoms with Gasteiger partial charge < -0.3 is 9.13 Å². The fraction of sp³-hybridized carbons (Fsp3) is 0.174. The Hall–Kier alpha value is -5.74. The first-order chi connectivity index (χ1) is 24.4. The molecule has 0 unspecified atom stereocenters. The Labute approximate surface area is 292 Å². The van der Waals surface area contributed by atoms with Gasteiger partial charge in [-0.25, -0.2) is 0 Å². The maximum absolute atomic E-state index is 2.54. The first-order valence-corrected chi connectivity index (χ1v) is 17.8. The SMILES string of the molecule is CC[N+]1=C(c2c(C)n(C)c3ccccc23)c2cccc3c(Cc4ccc5c6c(cccc46)C(c4c(C)n(C)c6ccccc46)=[N+]5C)ccc1c23. The molecule has 0 atom stereocenters. The number of hydrogen-bond donors (Lipinski definition) is 0. The molecular formula is C46H40N4+2. The van der Waals surface area contributed by atoms with Gasteiger partial charge in [0.1, 0.15) is 13.6 Å². The second kappa shape index (κ2) is 10.4. The average Bonchev–Trinajstić information content (AvgIpc) is 3.79. The van der Waals surface area contributed by atoms with Crippen molar-refractivity contribution < 1.29 is 9.15 Å². The summed E-state index contributed by atoms with van der Waals surface area (Å²) in [7, 11) is 6.61. The zero-order chi connectivity index (χ0) is 34.0. The van der Waals surface area contributed by atoms with Crippen LogP contribution in [0.15, 0.2) is 109 Å². The topological polar surface area (TPSA) is 15.9 Å². The fourth-order valence-corrected chi connectivity index (χ4v) is 9.42. The first kappa shape index (κ1) is 29.2. The van der Waals surface area contributed by atoms with Crippen LogP contribution in [0.1, 0.15) is 51.7 Å². The van der Waals surface area contributed by atoms with E-state index in [0.717, 1.165) is 13.0 Å². The molecule has 2 aliphatic heterocycles. The lowest BCUT2D eigenvalue weighted by Gasteiger charge is -2.10.